The molecule has 1 unspecified atom stereocenters. The van der Waals surface area contributed by atoms with Gasteiger partial charge in [-0.15, -0.1) is 0 Å². The number of aryl methyl sites for hydroxylation is 1. The van der Waals surface area contributed by atoms with Crippen LogP contribution < -0.4 is 0 Å². The van der Waals surface area contributed by atoms with E-state index in [0.717, 1.165) is 45.5 Å². The van der Waals surface area contributed by atoms with E-state index in [1.54, 1.807) is 0 Å². The molecule has 6 aromatic carbocycles. The van der Waals surface area contributed by atoms with Crippen molar-refractivity contribution in [1.29, 1.82) is 0 Å². The molecule has 0 radical (unpaired) electrons. The van der Waals surface area contributed by atoms with Crippen molar-refractivity contribution in [3.8, 4) is 78.7 Å². The SMILES string of the molecule is Cc1ncccc1-c1ccccc1-c1nc(-c2ccccc2)nc(-c2ccc(-c3cc(-c4ccccc4)c(-c4ccccc4)c(C4C=CC=CC4)c3)cc2)n1. The lowest BCUT2D eigenvalue weighted by atomic mass is 9.80. The second-order valence-corrected chi connectivity index (χ2v) is 13.8. The molecule has 0 spiro atoms. The smallest absolute Gasteiger partial charge is 0.164 e. The van der Waals surface area contributed by atoms with Crippen molar-refractivity contribution < 1.29 is 0 Å². The Hall–Kier alpha value is -7.04. The molecule has 2 heterocycles. The van der Waals surface area contributed by atoms with Gasteiger partial charge in [0.2, 0.25) is 0 Å². The number of pyridine rings is 1. The van der Waals surface area contributed by atoms with E-state index in [0.29, 0.717) is 17.5 Å². The maximum Gasteiger partial charge on any atom is 0.164 e. The fourth-order valence-corrected chi connectivity index (χ4v) is 7.54. The van der Waals surface area contributed by atoms with Crippen LogP contribution in [0.5, 0.6) is 0 Å². The van der Waals surface area contributed by atoms with Crippen LogP contribution >= 0.6 is 0 Å². The molecule has 0 amide bonds. The molecule has 55 heavy (non-hydrogen) atoms. The average Bonchev–Trinajstić information content (AvgIpc) is 3.27. The Balaban J connectivity index is 1.18. The zero-order valence-corrected chi connectivity index (χ0v) is 30.5. The molecule has 0 aliphatic heterocycles. The van der Waals surface area contributed by atoms with Crippen LogP contribution in [0.3, 0.4) is 0 Å². The third-order valence-corrected chi connectivity index (χ3v) is 10.3. The second kappa shape index (κ2) is 15.1. The van der Waals surface area contributed by atoms with Gasteiger partial charge in [-0.25, -0.2) is 15.0 Å². The van der Waals surface area contributed by atoms with E-state index in [-0.39, 0.29) is 5.92 Å². The summed E-state index contributed by atoms with van der Waals surface area (Å²) in [6.07, 6.45) is 11.7. The molecule has 9 rings (SSSR count). The van der Waals surface area contributed by atoms with Crippen molar-refractivity contribution in [3.05, 3.63) is 206 Å². The largest absolute Gasteiger partial charge is 0.261 e. The highest BCUT2D eigenvalue weighted by Gasteiger charge is 2.21. The lowest BCUT2D eigenvalue weighted by molar-refractivity contribution is 0.856. The van der Waals surface area contributed by atoms with Gasteiger partial charge >= 0.3 is 0 Å². The highest BCUT2D eigenvalue weighted by atomic mass is 15.0. The maximum absolute atomic E-state index is 5.14. The van der Waals surface area contributed by atoms with Crippen molar-refractivity contribution in [1.82, 2.24) is 19.9 Å². The van der Waals surface area contributed by atoms with E-state index in [4.69, 9.17) is 15.0 Å². The third kappa shape index (κ3) is 6.94. The molecule has 2 aromatic heterocycles. The van der Waals surface area contributed by atoms with Gasteiger partial charge in [0.1, 0.15) is 0 Å². The van der Waals surface area contributed by atoms with Crippen LogP contribution in [0.4, 0.5) is 0 Å². The summed E-state index contributed by atoms with van der Waals surface area (Å²) in [5.74, 6) is 2.14. The lowest BCUT2D eigenvalue weighted by Crippen LogP contribution is -2.02. The number of aromatic nitrogens is 4. The molecule has 8 aromatic rings. The van der Waals surface area contributed by atoms with Crippen molar-refractivity contribution in [2.45, 2.75) is 19.3 Å². The first-order valence-corrected chi connectivity index (χ1v) is 18.8. The molecule has 4 nitrogen and oxygen atoms in total. The topological polar surface area (TPSA) is 51.6 Å². The van der Waals surface area contributed by atoms with Crippen LogP contribution in [0.1, 0.15) is 23.6 Å². The van der Waals surface area contributed by atoms with E-state index in [1.165, 1.54) is 33.4 Å². The zero-order chi connectivity index (χ0) is 37.0. The van der Waals surface area contributed by atoms with Crippen LogP contribution in [0, 0.1) is 6.92 Å². The van der Waals surface area contributed by atoms with Gasteiger partial charge in [0.25, 0.3) is 0 Å². The van der Waals surface area contributed by atoms with Crippen molar-refractivity contribution >= 4 is 0 Å². The number of allylic oxidation sites excluding steroid dienone is 4. The summed E-state index contributed by atoms with van der Waals surface area (Å²) in [5.41, 5.74) is 14.4. The Labute approximate surface area is 322 Å². The van der Waals surface area contributed by atoms with Gasteiger partial charge < -0.3 is 0 Å². The Bertz CT molecular complexity index is 2660. The number of rotatable bonds is 8. The zero-order valence-electron chi connectivity index (χ0n) is 30.5. The first-order valence-electron chi connectivity index (χ1n) is 18.8. The van der Waals surface area contributed by atoms with Gasteiger partial charge in [-0.05, 0) is 76.1 Å². The highest BCUT2D eigenvalue weighted by molar-refractivity contribution is 5.90. The minimum absolute atomic E-state index is 0.264. The van der Waals surface area contributed by atoms with Crippen LogP contribution in [-0.2, 0) is 0 Å². The van der Waals surface area contributed by atoms with E-state index in [1.807, 2.05) is 61.7 Å². The third-order valence-electron chi connectivity index (χ3n) is 10.3. The van der Waals surface area contributed by atoms with Crippen LogP contribution in [0.2, 0.25) is 0 Å². The summed E-state index contributed by atoms with van der Waals surface area (Å²) >= 11 is 0. The fourth-order valence-electron chi connectivity index (χ4n) is 7.54. The quantitative estimate of drug-likeness (QED) is 0.158. The number of hydrogen-bond acceptors (Lipinski definition) is 4. The molecular weight excluding hydrogens is 669 g/mol. The van der Waals surface area contributed by atoms with E-state index in [9.17, 15) is 0 Å². The first-order chi connectivity index (χ1) is 27.2. The predicted octanol–water partition coefficient (Wildman–Crippen LogP) is 12.8. The average molecular weight is 707 g/mol. The molecule has 1 atom stereocenters. The van der Waals surface area contributed by atoms with Gasteiger partial charge in [0.05, 0.1) is 0 Å². The van der Waals surface area contributed by atoms with Crippen molar-refractivity contribution in [2.24, 2.45) is 0 Å². The van der Waals surface area contributed by atoms with Crippen LogP contribution in [-0.4, -0.2) is 19.9 Å². The summed E-state index contributed by atoms with van der Waals surface area (Å²) < 4.78 is 0. The molecule has 0 N–H and O–H groups in total. The summed E-state index contributed by atoms with van der Waals surface area (Å²) in [7, 11) is 0. The number of benzene rings is 6. The Morgan fingerprint density at radius 3 is 1.65 bits per heavy atom. The van der Waals surface area contributed by atoms with Crippen molar-refractivity contribution in [2.75, 3.05) is 0 Å². The molecule has 0 saturated carbocycles. The van der Waals surface area contributed by atoms with Gasteiger partial charge in [-0.3, -0.25) is 4.98 Å². The molecule has 0 fully saturated rings. The summed E-state index contributed by atoms with van der Waals surface area (Å²) in [6, 6.07) is 57.4. The Morgan fingerprint density at radius 1 is 0.436 bits per heavy atom. The van der Waals surface area contributed by atoms with Crippen LogP contribution in [0.25, 0.3) is 78.7 Å². The van der Waals surface area contributed by atoms with Crippen molar-refractivity contribution in [3.63, 3.8) is 0 Å². The van der Waals surface area contributed by atoms with Crippen LogP contribution in [0.15, 0.2) is 194 Å². The maximum atomic E-state index is 5.14. The highest BCUT2D eigenvalue weighted by Crippen LogP contribution is 2.44. The molecular formula is C51H38N4. The standard InChI is InChI=1S/C51H38N4/c1-35-43(27-16-32-52-35)44-25-14-15-26-45(44)51-54-49(40-23-12-5-13-24-40)53-50(55-51)41-30-28-36(29-31-41)42-33-46(37-17-6-2-7-18-37)48(39-21-10-4-11-22-39)47(34-42)38-19-8-3-9-20-38/h2-19,21-34,38H,20H2,1H3. The van der Waals surface area contributed by atoms with E-state index in [2.05, 4.69) is 145 Å². The van der Waals surface area contributed by atoms with Gasteiger partial charge in [0.15, 0.2) is 17.5 Å². The predicted molar refractivity (Wildman–Crippen MR) is 226 cm³/mol. The first kappa shape index (κ1) is 33.8. The normalized spacial score (nSPS) is 13.5. The Morgan fingerprint density at radius 2 is 1.00 bits per heavy atom. The van der Waals surface area contributed by atoms with E-state index < -0.39 is 0 Å². The molecule has 0 saturated heterocycles. The minimum atomic E-state index is 0.264. The van der Waals surface area contributed by atoms with Gasteiger partial charge in [-0.2, -0.15) is 0 Å². The summed E-state index contributed by atoms with van der Waals surface area (Å²) in [4.78, 5) is 19.8. The molecule has 262 valence electrons. The fraction of sp³-hybridized carbons (Fsp3) is 0.0588. The summed E-state index contributed by atoms with van der Waals surface area (Å²) in [6.45, 7) is 2.03. The molecule has 1 aliphatic rings. The number of hydrogen-bond donors (Lipinski definition) is 0. The number of nitrogens with zero attached hydrogens (tertiary/aromatic N) is 4. The van der Waals surface area contributed by atoms with E-state index >= 15 is 0 Å². The molecule has 0 bridgehead atoms. The Kier molecular flexibility index (Phi) is 9.29. The lowest BCUT2D eigenvalue weighted by Gasteiger charge is -2.23. The molecule has 1 aliphatic carbocycles. The molecule has 4 heteroatoms. The monoisotopic (exact) mass is 706 g/mol. The second-order valence-electron chi connectivity index (χ2n) is 13.8. The van der Waals surface area contributed by atoms with Gasteiger partial charge in [-0.1, -0.05) is 170 Å². The minimum Gasteiger partial charge on any atom is -0.261 e. The summed E-state index contributed by atoms with van der Waals surface area (Å²) in [5, 5.41) is 0. The van der Waals surface area contributed by atoms with Gasteiger partial charge in [0, 0.05) is 40.1 Å².